The van der Waals surface area contributed by atoms with Crippen LogP contribution in [0.5, 0.6) is 5.88 Å². The van der Waals surface area contributed by atoms with Gasteiger partial charge in [0.1, 0.15) is 11.7 Å². The third kappa shape index (κ3) is 3.67. The monoisotopic (exact) mass is 354 g/mol. The molecule has 1 amide bonds. The molecular weight excluding hydrogens is 332 g/mol. The van der Waals surface area contributed by atoms with Crippen molar-refractivity contribution in [1.29, 1.82) is 0 Å². The lowest BCUT2D eigenvalue weighted by Gasteiger charge is -2.52. The lowest BCUT2D eigenvalue weighted by Crippen LogP contribution is -2.67. The van der Waals surface area contributed by atoms with E-state index in [-0.39, 0.29) is 17.6 Å². The summed E-state index contributed by atoms with van der Waals surface area (Å²) in [7, 11) is 0. The van der Waals surface area contributed by atoms with E-state index in [0.29, 0.717) is 32.0 Å². The van der Waals surface area contributed by atoms with Crippen LogP contribution < -0.4 is 4.74 Å². The van der Waals surface area contributed by atoms with Gasteiger partial charge in [-0.1, -0.05) is 6.07 Å². The molecule has 2 aromatic heterocycles. The Morgan fingerprint density at radius 1 is 1.38 bits per heavy atom. The first-order chi connectivity index (χ1) is 12.6. The second-order valence-electron chi connectivity index (χ2n) is 7.01. The fraction of sp³-hybridized carbons (Fsp3) is 0.474. The molecule has 0 radical (unpaired) electrons. The number of hydrogen-bond acceptors (Lipinski definition) is 6. The molecule has 26 heavy (non-hydrogen) atoms. The molecule has 0 bridgehead atoms. The Morgan fingerprint density at radius 3 is 3.04 bits per heavy atom. The SMILES string of the molecule is Cc1cncc(OC2CCOC3(C2)CN(C(=O)Cc2ccccn2)C3)n1. The van der Waals surface area contributed by atoms with Crippen molar-refractivity contribution in [2.45, 2.75) is 37.9 Å². The Kier molecular flexibility index (Phi) is 4.55. The predicted molar refractivity (Wildman–Crippen MR) is 93.6 cm³/mol. The molecule has 2 saturated heterocycles. The van der Waals surface area contributed by atoms with Crippen molar-refractivity contribution in [3.8, 4) is 5.88 Å². The Bertz CT molecular complexity index is 777. The van der Waals surface area contributed by atoms with Crippen molar-refractivity contribution in [2.75, 3.05) is 19.7 Å². The summed E-state index contributed by atoms with van der Waals surface area (Å²) in [4.78, 5) is 26.9. The maximum absolute atomic E-state index is 12.4. The van der Waals surface area contributed by atoms with Crippen LogP contribution in [-0.2, 0) is 16.0 Å². The average molecular weight is 354 g/mol. The summed E-state index contributed by atoms with van der Waals surface area (Å²) in [5.74, 6) is 0.639. The molecule has 2 fully saturated rings. The highest BCUT2D eigenvalue weighted by atomic mass is 16.5. The number of rotatable bonds is 4. The second-order valence-corrected chi connectivity index (χ2v) is 7.01. The number of pyridine rings is 1. The number of nitrogens with zero attached hydrogens (tertiary/aromatic N) is 4. The van der Waals surface area contributed by atoms with Gasteiger partial charge in [0, 0.05) is 30.9 Å². The molecule has 4 heterocycles. The lowest BCUT2D eigenvalue weighted by atomic mass is 9.84. The number of hydrogen-bond donors (Lipinski definition) is 0. The van der Waals surface area contributed by atoms with E-state index in [1.165, 1.54) is 0 Å². The third-order valence-corrected chi connectivity index (χ3v) is 4.84. The zero-order valence-corrected chi connectivity index (χ0v) is 14.8. The fourth-order valence-corrected chi connectivity index (χ4v) is 3.57. The topological polar surface area (TPSA) is 77.4 Å². The van der Waals surface area contributed by atoms with E-state index in [1.807, 2.05) is 30.0 Å². The quantitative estimate of drug-likeness (QED) is 0.829. The van der Waals surface area contributed by atoms with Crippen molar-refractivity contribution in [1.82, 2.24) is 19.9 Å². The minimum Gasteiger partial charge on any atom is -0.473 e. The van der Waals surface area contributed by atoms with Gasteiger partial charge in [0.05, 0.1) is 38.0 Å². The number of amides is 1. The van der Waals surface area contributed by atoms with Gasteiger partial charge in [-0.25, -0.2) is 4.98 Å². The molecule has 2 aromatic rings. The summed E-state index contributed by atoms with van der Waals surface area (Å²) in [5, 5.41) is 0. The van der Waals surface area contributed by atoms with E-state index in [0.717, 1.165) is 24.2 Å². The van der Waals surface area contributed by atoms with Gasteiger partial charge < -0.3 is 14.4 Å². The first-order valence-electron chi connectivity index (χ1n) is 8.89. The molecule has 2 aliphatic heterocycles. The van der Waals surface area contributed by atoms with Crippen LogP contribution in [0.2, 0.25) is 0 Å². The van der Waals surface area contributed by atoms with Gasteiger partial charge >= 0.3 is 0 Å². The summed E-state index contributed by atoms with van der Waals surface area (Å²) in [6.45, 7) is 3.74. The molecule has 0 aliphatic carbocycles. The first-order valence-corrected chi connectivity index (χ1v) is 8.89. The third-order valence-electron chi connectivity index (χ3n) is 4.84. The Hall–Kier alpha value is -2.54. The summed E-state index contributed by atoms with van der Waals surface area (Å²) >= 11 is 0. The molecule has 0 N–H and O–H groups in total. The van der Waals surface area contributed by atoms with Gasteiger partial charge in [0.15, 0.2) is 0 Å². The number of ether oxygens (including phenoxy) is 2. The lowest BCUT2D eigenvalue weighted by molar-refractivity contribution is -0.193. The van der Waals surface area contributed by atoms with Crippen LogP contribution >= 0.6 is 0 Å². The first kappa shape index (κ1) is 16.9. The molecule has 0 aromatic carbocycles. The van der Waals surface area contributed by atoms with E-state index >= 15 is 0 Å². The molecule has 0 saturated carbocycles. The van der Waals surface area contributed by atoms with Crippen LogP contribution in [0.1, 0.15) is 24.2 Å². The Labute approximate surface area is 152 Å². The molecule has 7 nitrogen and oxygen atoms in total. The number of aryl methyl sites for hydroxylation is 1. The van der Waals surface area contributed by atoms with E-state index in [4.69, 9.17) is 9.47 Å². The maximum atomic E-state index is 12.4. The summed E-state index contributed by atoms with van der Waals surface area (Å²) in [6.07, 6.45) is 6.99. The molecule has 1 atom stereocenters. The van der Waals surface area contributed by atoms with Crippen LogP contribution in [0.3, 0.4) is 0 Å². The van der Waals surface area contributed by atoms with Crippen LogP contribution in [-0.4, -0.2) is 57.2 Å². The van der Waals surface area contributed by atoms with Gasteiger partial charge in [-0.3, -0.25) is 14.8 Å². The van der Waals surface area contributed by atoms with Gasteiger partial charge in [0.25, 0.3) is 0 Å². The van der Waals surface area contributed by atoms with Crippen LogP contribution in [0.25, 0.3) is 0 Å². The van der Waals surface area contributed by atoms with Crippen molar-refractivity contribution in [3.63, 3.8) is 0 Å². The number of likely N-dealkylation sites (tertiary alicyclic amines) is 1. The molecule has 136 valence electrons. The van der Waals surface area contributed by atoms with Gasteiger partial charge in [-0.15, -0.1) is 0 Å². The van der Waals surface area contributed by atoms with Crippen LogP contribution in [0.15, 0.2) is 36.8 Å². The maximum Gasteiger partial charge on any atom is 0.232 e. The summed E-state index contributed by atoms with van der Waals surface area (Å²) in [5.41, 5.74) is 1.33. The number of carbonyl (C=O) groups is 1. The van der Waals surface area contributed by atoms with Crippen molar-refractivity contribution < 1.29 is 14.3 Å². The standard InChI is InChI=1S/C19H22N4O3/c1-14-10-20-11-17(22-14)26-16-5-7-25-19(9-16)12-23(13-19)18(24)8-15-4-2-3-6-21-15/h2-4,6,10-11,16H,5,7-9,12-13H2,1H3. The summed E-state index contributed by atoms with van der Waals surface area (Å²) < 4.78 is 12.0. The van der Waals surface area contributed by atoms with Crippen LogP contribution in [0.4, 0.5) is 0 Å². The smallest absolute Gasteiger partial charge is 0.232 e. The summed E-state index contributed by atoms with van der Waals surface area (Å²) in [6, 6.07) is 5.62. The molecule has 1 unspecified atom stereocenters. The Morgan fingerprint density at radius 2 is 2.27 bits per heavy atom. The van der Waals surface area contributed by atoms with E-state index in [9.17, 15) is 4.79 Å². The normalized spacial score (nSPS) is 21.3. The fourth-order valence-electron chi connectivity index (χ4n) is 3.57. The molecule has 2 aliphatic rings. The van der Waals surface area contributed by atoms with Crippen molar-refractivity contribution in [2.24, 2.45) is 0 Å². The number of aromatic nitrogens is 3. The molecular formula is C19H22N4O3. The van der Waals surface area contributed by atoms with Gasteiger partial charge in [-0.05, 0) is 19.1 Å². The van der Waals surface area contributed by atoms with E-state index < -0.39 is 0 Å². The largest absolute Gasteiger partial charge is 0.473 e. The van der Waals surface area contributed by atoms with E-state index in [1.54, 1.807) is 18.6 Å². The van der Waals surface area contributed by atoms with Crippen molar-refractivity contribution >= 4 is 5.91 Å². The van der Waals surface area contributed by atoms with E-state index in [2.05, 4.69) is 15.0 Å². The minimum atomic E-state index is -0.292. The highest BCUT2D eigenvalue weighted by Gasteiger charge is 2.49. The molecule has 7 heteroatoms. The minimum absolute atomic E-state index is 0.0351. The van der Waals surface area contributed by atoms with Gasteiger partial charge in [0.2, 0.25) is 11.8 Å². The zero-order valence-electron chi connectivity index (χ0n) is 14.8. The molecule has 4 rings (SSSR count). The predicted octanol–water partition coefficient (Wildman–Crippen LogP) is 1.56. The van der Waals surface area contributed by atoms with Crippen LogP contribution in [0, 0.1) is 6.92 Å². The zero-order chi connectivity index (χ0) is 18.0. The number of carbonyl (C=O) groups excluding carboxylic acids is 1. The second kappa shape index (κ2) is 6.99. The van der Waals surface area contributed by atoms with Gasteiger partial charge in [-0.2, -0.15) is 0 Å². The highest BCUT2D eigenvalue weighted by molar-refractivity contribution is 5.79. The van der Waals surface area contributed by atoms with Crippen molar-refractivity contribution in [3.05, 3.63) is 48.2 Å². The average Bonchev–Trinajstić information content (AvgIpc) is 2.60. The highest BCUT2D eigenvalue weighted by Crippen LogP contribution is 2.35. The molecule has 1 spiro atoms. The Balaban J connectivity index is 1.32.